The Bertz CT molecular complexity index is 774. The van der Waals surface area contributed by atoms with Crippen LogP contribution in [0.15, 0.2) is 42.5 Å². The Morgan fingerprint density at radius 3 is 2.60 bits per heavy atom. The molecule has 1 N–H and O–H groups in total. The number of benzene rings is 2. The molecule has 2 aliphatic heterocycles. The van der Waals surface area contributed by atoms with Crippen LogP contribution in [0.3, 0.4) is 0 Å². The fourth-order valence-corrected chi connectivity index (χ4v) is 4.38. The molecule has 2 heteroatoms. The van der Waals surface area contributed by atoms with Gasteiger partial charge in [0.25, 0.3) is 0 Å². The van der Waals surface area contributed by atoms with E-state index in [0.717, 1.165) is 13.0 Å². The zero-order valence-electron chi connectivity index (χ0n) is 15.8. The number of hydrogen-bond acceptors (Lipinski definition) is 2. The van der Waals surface area contributed by atoms with Gasteiger partial charge in [-0.15, -0.1) is 0 Å². The van der Waals surface area contributed by atoms with Crippen LogP contribution < -0.4 is 5.32 Å². The van der Waals surface area contributed by atoms with Crippen molar-refractivity contribution in [2.24, 2.45) is 5.92 Å². The number of anilines is 1. The van der Waals surface area contributed by atoms with Gasteiger partial charge in [-0.1, -0.05) is 57.2 Å². The van der Waals surface area contributed by atoms with E-state index in [1.165, 1.54) is 34.4 Å². The van der Waals surface area contributed by atoms with Crippen molar-refractivity contribution in [3.8, 4) is 0 Å². The zero-order valence-corrected chi connectivity index (χ0v) is 15.8. The van der Waals surface area contributed by atoms with Crippen molar-refractivity contribution in [3.05, 3.63) is 64.7 Å². The Morgan fingerprint density at radius 1 is 1.04 bits per heavy atom. The molecule has 1 saturated heterocycles. The minimum Gasteiger partial charge on any atom is -0.378 e. The van der Waals surface area contributed by atoms with Gasteiger partial charge in [0.05, 0.1) is 12.1 Å². The molecule has 0 saturated carbocycles. The first-order chi connectivity index (χ1) is 11.9. The van der Waals surface area contributed by atoms with E-state index in [-0.39, 0.29) is 11.5 Å². The van der Waals surface area contributed by atoms with Crippen LogP contribution in [0.1, 0.15) is 68.0 Å². The second-order valence-electron chi connectivity index (χ2n) is 8.63. The van der Waals surface area contributed by atoms with Gasteiger partial charge < -0.3 is 10.1 Å². The molecule has 2 aromatic carbocycles. The summed E-state index contributed by atoms with van der Waals surface area (Å²) in [6.45, 7) is 9.93. The summed E-state index contributed by atoms with van der Waals surface area (Å²) < 4.78 is 6.33. The molecule has 3 unspecified atom stereocenters. The molecule has 2 nitrogen and oxygen atoms in total. The highest BCUT2D eigenvalue weighted by Crippen LogP contribution is 2.50. The summed E-state index contributed by atoms with van der Waals surface area (Å²) in [6.07, 6.45) is 2.58. The highest BCUT2D eigenvalue weighted by atomic mass is 16.5. The summed E-state index contributed by atoms with van der Waals surface area (Å²) in [7, 11) is 0. The highest BCUT2D eigenvalue weighted by Gasteiger charge is 2.40. The van der Waals surface area contributed by atoms with Gasteiger partial charge in [-0.3, -0.25) is 0 Å². The largest absolute Gasteiger partial charge is 0.378 e. The molecule has 3 atom stereocenters. The average molecular weight is 335 g/mol. The number of ether oxygens (including phenoxy) is 1. The van der Waals surface area contributed by atoms with E-state index >= 15 is 0 Å². The predicted octanol–water partition coefficient (Wildman–Crippen LogP) is 5.93. The SMILES string of the molecule is Cc1ccccc1C1Nc2ccc(C(C)(C)C)cc2C2OCCCC12. The number of hydrogen-bond donors (Lipinski definition) is 1. The van der Waals surface area contributed by atoms with Crippen LogP contribution in [-0.4, -0.2) is 6.61 Å². The smallest absolute Gasteiger partial charge is 0.0895 e. The van der Waals surface area contributed by atoms with Crippen molar-refractivity contribution in [1.82, 2.24) is 0 Å². The van der Waals surface area contributed by atoms with E-state index in [0.29, 0.717) is 12.0 Å². The lowest BCUT2D eigenvalue weighted by atomic mass is 9.75. The molecule has 2 heterocycles. The summed E-state index contributed by atoms with van der Waals surface area (Å²) in [4.78, 5) is 0. The summed E-state index contributed by atoms with van der Waals surface area (Å²) in [5, 5.41) is 3.85. The van der Waals surface area contributed by atoms with Crippen LogP contribution >= 0.6 is 0 Å². The van der Waals surface area contributed by atoms with Gasteiger partial charge in [0, 0.05) is 23.8 Å². The Morgan fingerprint density at radius 2 is 1.84 bits per heavy atom. The monoisotopic (exact) mass is 335 g/mol. The third-order valence-electron chi connectivity index (χ3n) is 5.85. The Labute approximate surface area is 151 Å². The molecule has 0 radical (unpaired) electrons. The lowest BCUT2D eigenvalue weighted by molar-refractivity contribution is -0.0382. The lowest BCUT2D eigenvalue weighted by Gasteiger charge is -2.44. The summed E-state index contributed by atoms with van der Waals surface area (Å²) in [5.74, 6) is 0.498. The second kappa shape index (κ2) is 6.17. The molecule has 0 aromatic heterocycles. The first kappa shape index (κ1) is 16.7. The average Bonchev–Trinajstić information content (AvgIpc) is 2.60. The molecule has 4 rings (SSSR count). The molecular formula is C23H29NO. The fraction of sp³-hybridized carbons (Fsp3) is 0.478. The molecule has 0 spiro atoms. The molecule has 0 bridgehead atoms. The van der Waals surface area contributed by atoms with Crippen LogP contribution in [0.2, 0.25) is 0 Å². The highest BCUT2D eigenvalue weighted by molar-refractivity contribution is 5.59. The maximum atomic E-state index is 6.33. The van der Waals surface area contributed by atoms with Gasteiger partial charge in [0.15, 0.2) is 0 Å². The van der Waals surface area contributed by atoms with Gasteiger partial charge in [-0.2, -0.15) is 0 Å². The van der Waals surface area contributed by atoms with Gasteiger partial charge in [0.2, 0.25) is 0 Å². The van der Waals surface area contributed by atoms with Gasteiger partial charge in [-0.05, 0) is 47.9 Å². The van der Waals surface area contributed by atoms with Gasteiger partial charge >= 0.3 is 0 Å². The Balaban J connectivity index is 1.79. The first-order valence-corrected chi connectivity index (χ1v) is 9.53. The molecular weight excluding hydrogens is 306 g/mol. The molecule has 2 aliphatic rings. The minimum atomic E-state index is 0.159. The summed E-state index contributed by atoms with van der Waals surface area (Å²) >= 11 is 0. The van der Waals surface area contributed by atoms with E-state index in [1.54, 1.807) is 0 Å². The Kier molecular flexibility index (Phi) is 4.11. The third kappa shape index (κ3) is 2.97. The topological polar surface area (TPSA) is 21.3 Å². The second-order valence-corrected chi connectivity index (χ2v) is 8.63. The number of aryl methyl sites for hydroxylation is 1. The van der Waals surface area contributed by atoms with Crippen molar-refractivity contribution in [3.63, 3.8) is 0 Å². The van der Waals surface area contributed by atoms with Gasteiger partial charge in [-0.25, -0.2) is 0 Å². The molecule has 1 fully saturated rings. The van der Waals surface area contributed by atoms with Gasteiger partial charge in [0.1, 0.15) is 0 Å². The van der Waals surface area contributed by atoms with E-state index in [4.69, 9.17) is 4.74 Å². The lowest BCUT2D eigenvalue weighted by Crippen LogP contribution is -2.36. The maximum Gasteiger partial charge on any atom is 0.0895 e. The predicted molar refractivity (Wildman–Crippen MR) is 104 cm³/mol. The van der Waals surface area contributed by atoms with Crippen molar-refractivity contribution in [2.45, 2.75) is 58.1 Å². The number of fused-ring (bicyclic) bond motifs is 3. The van der Waals surface area contributed by atoms with E-state index < -0.39 is 0 Å². The standard InChI is InChI=1S/C23H29NO/c1-15-8-5-6-9-17(15)21-18-10-7-13-25-22(18)19-14-16(23(2,3)4)11-12-20(19)24-21/h5-6,8-9,11-12,14,18,21-22,24H,7,10,13H2,1-4H3. The maximum absolute atomic E-state index is 6.33. The first-order valence-electron chi connectivity index (χ1n) is 9.53. The minimum absolute atomic E-state index is 0.159. The van der Waals surface area contributed by atoms with Crippen molar-refractivity contribution >= 4 is 5.69 Å². The van der Waals surface area contributed by atoms with E-state index in [9.17, 15) is 0 Å². The summed E-state index contributed by atoms with van der Waals surface area (Å²) in [6, 6.07) is 16.0. The Hall–Kier alpha value is -1.80. The molecule has 0 aliphatic carbocycles. The van der Waals surface area contributed by atoms with Crippen molar-refractivity contribution < 1.29 is 4.74 Å². The molecule has 25 heavy (non-hydrogen) atoms. The third-order valence-corrected chi connectivity index (χ3v) is 5.85. The number of rotatable bonds is 1. The van der Waals surface area contributed by atoms with Crippen LogP contribution in [0.5, 0.6) is 0 Å². The van der Waals surface area contributed by atoms with E-state index in [2.05, 4.69) is 75.5 Å². The van der Waals surface area contributed by atoms with Crippen LogP contribution in [0.4, 0.5) is 5.69 Å². The van der Waals surface area contributed by atoms with Crippen molar-refractivity contribution in [1.29, 1.82) is 0 Å². The zero-order chi connectivity index (χ0) is 17.6. The van der Waals surface area contributed by atoms with E-state index in [1.807, 2.05) is 0 Å². The summed E-state index contributed by atoms with van der Waals surface area (Å²) in [5.41, 5.74) is 6.90. The number of nitrogens with one attached hydrogen (secondary N) is 1. The van der Waals surface area contributed by atoms with Crippen molar-refractivity contribution in [2.75, 3.05) is 11.9 Å². The molecule has 132 valence electrons. The van der Waals surface area contributed by atoms with Crippen LogP contribution in [0.25, 0.3) is 0 Å². The molecule has 0 amide bonds. The quantitative estimate of drug-likeness (QED) is 0.697. The normalized spacial score (nSPS) is 25.7. The van der Waals surface area contributed by atoms with Crippen LogP contribution in [-0.2, 0) is 10.2 Å². The molecule has 2 aromatic rings. The fourth-order valence-electron chi connectivity index (χ4n) is 4.38. The van der Waals surface area contributed by atoms with Crippen LogP contribution in [0, 0.1) is 12.8 Å².